The molecule has 4 rings (SSSR count). The fraction of sp³-hybridized carbons (Fsp3) is 0.562. The maximum absolute atomic E-state index is 12.7. The van der Waals surface area contributed by atoms with Gasteiger partial charge in [0.25, 0.3) is 0 Å². The molecule has 2 aliphatic heterocycles. The predicted molar refractivity (Wildman–Crippen MR) is 72.3 cm³/mol. The molecule has 6 nitrogen and oxygen atoms in total. The minimum atomic E-state index is -1.64. The topological polar surface area (TPSA) is 89.9 Å². The zero-order valence-electron chi connectivity index (χ0n) is 12.3. The monoisotopic (exact) mass is 304 g/mol. The molecule has 5 unspecified atom stereocenters. The van der Waals surface area contributed by atoms with E-state index in [1.807, 2.05) is 0 Å². The van der Waals surface area contributed by atoms with Crippen LogP contribution in [0.4, 0.5) is 0 Å². The zero-order chi connectivity index (χ0) is 15.9. The smallest absolute Gasteiger partial charge is 0.316 e. The summed E-state index contributed by atoms with van der Waals surface area (Å²) in [5, 5.41) is 11.3. The predicted octanol–water partition coefficient (Wildman–Crippen LogP) is 0.297. The first kappa shape index (κ1) is 13.7. The highest BCUT2D eigenvalue weighted by molar-refractivity contribution is 6.02. The van der Waals surface area contributed by atoms with Gasteiger partial charge in [-0.25, -0.2) is 0 Å². The Bertz CT molecular complexity index is 691. The Hall–Kier alpha value is -1.95. The lowest BCUT2D eigenvalue weighted by molar-refractivity contribution is -0.178. The highest BCUT2D eigenvalue weighted by Crippen LogP contribution is 2.62. The number of hydrogen-bond acceptors (Lipinski definition) is 6. The molecule has 2 aliphatic carbocycles. The van der Waals surface area contributed by atoms with Crippen molar-refractivity contribution in [3.05, 3.63) is 23.8 Å². The molecule has 0 bridgehead atoms. The third-order valence-corrected chi connectivity index (χ3v) is 5.92. The maximum atomic E-state index is 12.7. The first-order valence-corrected chi connectivity index (χ1v) is 7.27. The summed E-state index contributed by atoms with van der Waals surface area (Å²) in [6.07, 6.45) is 3.66. The summed E-state index contributed by atoms with van der Waals surface area (Å²) in [6.45, 7) is 3.26. The van der Waals surface area contributed by atoms with E-state index in [9.17, 15) is 19.5 Å². The Morgan fingerprint density at radius 1 is 1.27 bits per heavy atom. The number of carbonyl (C=O) groups excluding carboxylic acids is 3. The molecule has 2 saturated heterocycles. The molecule has 0 spiro atoms. The molecule has 0 aromatic rings. The number of rotatable bonds is 0. The molecule has 0 aromatic carbocycles. The van der Waals surface area contributed by atoms with Crippen LogP contribution >= 0.6 is 0 Å². The third kappa shape index (κ3) is 1.24. The average Bonchev–Trinajstić information content (AvgIpc) is 2.70. The van der Waals surface area contributed by atoms with Crippen molar-refractivity contribution < 1.29 is 29.0 Å². The molecule has 5 atom stereocenters. The van der Waals surface area contributed by atoms with Crippen molar-refractivity contribution in [1.29, 1.82) is 0 Å². The largest absolute Gasteiger partial charge is 0.461 e. The molecule has 116 valence electrons. The molecule has 4 aliphatic rings. The number of fused-ring (bicyclic) bond motifs is 2. The Kier molecular flexibility index (Phi) is 2.29. The average molecular weight is 304 g/mol. The number of aliphatic hydroxyl groups is 1. The first-order chi connectivity index (χ1) is 10.2. The lowest BCUT2D eigenvalue weighted by Gasteiger charge is -2.56. The number of hydrogen-bond donors (Lipinski definition) is 1. The van der Waals surface area contributed by atoms with Crippen LogP contribution < -0.4 is 0 Å². The summed E-state index contributed by atoms with van der Waals surface area (Å²) in [4.78, 5) is 36.7. The van der Waals surface area contributed by atoms with Crippen molar-refractivity contribution in [3.63, 3.8) is 0 Å². The van der Waals surface area contributed by atoms with Crippen LogP contribution in [0.5, 0.6) is 0 Å². The molecule has 2 heterocycles. The Morgan fingerprint density at radius 2 is 2.00 bits per heavy atom. The Morgan fingerprint density at radius 3 is 2.73 bits per heavy atom. The van der Waals surface area contributed by atoms with Gasteiger partial charge in [-0.3, -0.25) is 14.4 Å². The Labute approximate surface area is 126 Å². The number of cyclic esters (lactones) is 1. The van der Waals surface area contributed by atoms with Gasteiger partial charge in [0.2, 0.25) is 0 Å². The first-order valence-electron chi connectivity index (χ1n) is 7.27. The number of ketones is 1. The quantitative estimate of drug-likeness (QED) is 0.511. The molecule has 0 radical (unpaired) electrons. The highest BCUT2D eigenvalue weighted by Gasteiger charge is 2.72. The standard InChI is InChI=1S/C16H16O6/c1-14-4-3-10(17)15(2)12(14)9(22-13(14)19)5-8-7-21-11(18)6-16(8,15)20/h3-5,9,12,20H,6-7H2,1-2H3. The highest BCUT2D eigenvalue weighted by atomic mass is 16.6. The fourth-order valence-corrected chi connectivity index (χ4v) is 4.61. The molecular formula is C16H16O6. The summed E-state index contributed by atoms with van der Waals surface area (Å²) >= 11 is 0. The fourth-order valence-electron chi connectivity index (χ4n) is 4.61. The second-order valence-electron chi connectivity index (χ2n) is 6.92. The molecule has 22 heavy (non-hydrogen) atoms. The number of carbonyl (C=O) groups is 3. The molecule has 0 saturated carbocycles. The van der Waals surface area contributed by atoms with Gasteiger partial charge in [-0.1, -0.05) is 6.08 Å². The van der Waals surface area contributed by atoms with Crippen molar-refractivity contribution in [1.82, 2.24) is 0 Å². The summed E-state index contributed by atoms with van der Waals surface area (Å²) in [5.74, 6) is -1.79. The van der Waals surface area contributed by atoms with E-state index < -0.39 is 40.4 Å². The van der Waals surface area contributed by atoms with Crippen molar-refractivity contribution in [2.24, 2.45) is 16.7 Å². The van der Waals surface area contributed by atoms with Gasteiger partial charge in [0.05, 0.1) is 17.3 Å². The van der Waals surface area contributed by atoms with Gasteiger partial charge in [0, 0.05) is 5.92 Å². The summed E-state index contributed by atoms with van der Waals surface area (Å²) in [7, 11) is 0. The third-order valence-electron chi connectivity index (χ3n) is 5.92. The maximum Gasteiger partial charge on any atom is 0.316 e. The van der Waals surface area contributed by atoms with Crippen molar-refractivity contribution in [2.75, 3.05) is 6.61 Å². The summed E-state index contributed by atoms with van der Waals surface area (Å²) < 4.78 is 10.4. The second kappa shape index (κ2) is 3.68. The molecule has 6 heteroatoms. The van der Waals surface area contributed by atoms with E-state index in [0.29, 0.717) is 5.57 Å². The zero-order valence-corrected chi connectivity index (χ0v) is 12.3. The number of esters is 2. The van der Waals surface area contributed by atoms with E-state index in [-0.39, 0.29) is 18.8 Å². The van der Waals surface area contributed by atoms with Crippen molar-refractivity contribution in [3.8, 4) is 0 Å². The van der Waals surface area contributed by atoms with E-state index in [1.54, 1.807) is 26.0 Å². The van der Waals surface area contributed by atoms with Gasteiger partial charge in [0.1, 0.15) is 18.3 Å². The van der Waals surface area contributed by atoms with Crippen LogP contribution in [0.2, 0.25) is 0 Å². The SMILES string of the molecule is CC12C=CC(=O)C3(C)C1C(C=C1COC(=O)CC13O)OC2=O. The van der Waals surface area contributed by atoms with Crippen LogP contribution in [-0.2, 0) is 23.9 Å². The van der Waals surface area contributed by atoms with Crippen molar-refractivity contribution in [2.45, 2.75) is 32.0 Å². The van der Waals surface area contributed by atoms with E-state index in [2.05, 4.69) is 0 Å². The molecule has 2 fully saturated rings. The van der Waals surface area contributed by atoms with Gasteiger partial charge in [-0.2, -0.15) is 0 Å². The summed E-state index contributed by atoms with van der Waals surface area (Å²) in [6, 6.07) is 0. The van der Waals surface area contributed by atoms with Crippen molar-refractivity contribution >= 4 is 17.7 Å². The molecule has 1 N–H and O–H groups in total. The van der Waals surface area contributed by atoms with Crippen LogP contribution in [-0.4, -0.2) is 41.1 Å². The van der Waals surface area contributed by atoms with Crippen LogP contribution in [0.3, 0.4) is 0 Å². The van der Waals surface area contributed by atoms with Gasteiger partial charge >= 0.3 is 11.9 Å². The lowest BCUT2D eigenvalue weighted by atomic mass is 9.47. The lowest BCUT2D eigenvalue weighted by Crippen LogP contribution is -2.66. The minimum absolute atomic E-state index is 0.0839. The Balaban J connectivity index is 2.00. The van der Waals surface area contributed by atoms with Crippen LogP contribution in [0.15, 0.2) is 23.8 Å². The molecule has 0 aromatic heterocycles. The molecule has 0 amide bonds. The molecular weight excluding hydrogens is 288 g/mol. The van der Waals surface area contributed by atoms with E-state index in [4.69, 9.17) is 9.47 Å². The second-order valence-corrected chi connectivity index (χ2v) is 6.92. The van der Waals surface area contributed by atoms with Gasteiger partial charge in [-0.05, 0) is 31.6 Å². The van der Waals surface area contributed by atoms with Crippen LogP contribution in [0.1, 0.15) is 20.3 Å². The van der Waals surface area contributed by atoms with Gasteiger partial charge in [0.15, 0.2) is 5.78 Å². The number of allylic oxidation sites excluding steroid dienone is 1. The summed E-state index contributed by atoms with van der Waals surface area (Å²) in [5.41, 5.74) is -3.47. The van der Waals surface area contributed by atoms with E-state index >= 15 is 0 Å². The van der Waals surface area contributed by atoms with E-state index in [1.165, 1.54) is 6.08 Å². The number of ether oxygens (including phenoxy) is 2. The van der Waals surface area contributed by atoms with Gasteiger partial charge < -0.3 is 14.6 Å². The van der Waals surface area contributed by atoms with Crippen LogP contribution in [0, 0.1) is 16.7 Å². The minimum Gasteiger partial charge on any atom is -0.461 e. The normalized spacial score (nSPS) is 49.0. The van der Waals surface area contributed by atoms with Crippen LogP contribution in [0.25, 0.3) is 0 Å². The van der Waals surface area contributed by atoms with E-state index in [0.717, 1.165) is 0 Å². The van der Waals surface area contributed by atoms with Gasteiger partial charge in [-0.15, -0.1) is 0 Å².